The molecule has 0 spiro atoms. The van der Waals surface area contributed by atoms with Crippen molar-refractivity contribution in [3.63, 3.8) is 0 Å². The number of esters is 1. The van der Waals surface area contributed by atoms with Crippen LogP contribution in [0.5, 0.6) is 0 Å². The summed E-state index contributed by atoms with van der Waals surface area (Å²) in [6, 6.07) is 13.6. The van der Waals surface area contributed by atoms with Crippen LogP contribution < -0.4 is 10.5 Å². The maximum Gasteiger partial charge on any atom is 0.348 e. The van der Waals surface area contributed by atoms with Crippen molar-refractivity contribution in [1.29, 1.82) is 0 Å². The van der Waals surface area contributed by atoms with Crippen LogP contribution in [0.25, 0.3) is 10.1 Å². The number of amides is 1. The van der Waals surface area contributed by atoms with Gasteiger partial charge >= 0.3 is 5.97 Å². The van der Waals surface area contributed by atoms with Crippen LogP contribution in [0.3, 0.4) is 0 Å². The number of ether oxygens (including phenoxy) is 1. The summed E-state index contributed by atoms with van der Waals surface area (Å²) in [4.78, 5) is 24.4. The lowest BCUT2D eigenvalue weighted by molar-refractivity contribution is -0.119. The molecular weight excluding hydrogens is 388 g/mol. The fourth-order valence-electron chi connectivity index (χ4n) is 2.47. The molecule has 3 rings (SSSR count). The van der Waals surface area contributed by atoms with Crippen LogP contribution in [0, 0.1) is 6.92 Å². The highest BCUT2D eigenvalue weighted by atomic mass is 32.2. The standard InChI is InChI=1S/C18H16N2O5S2/c1-11-6-7-13(9-16(11)27(19,23)24)20-17(21)10-25-18(22)15-8-12-4-2-3-5-14(12)26-15/h2-9H,10H2,1H3,(H,20,21)(H2,19,23,24). The number of anilines is 1. The van der Waals surface area contributed by atoms with E-state index in [4.69, 9.17) is 9.88 Å². The monoisotopic (exact) mass is 404 g/mol. The van der Waals surface area contributed by atoms with Crippen molar-refractivity contribution in [2.75, 3.05) is 11.9 Å². The largest absolute Gasteiger partial charge is 0.451 e. The molecule has 0 bridgehead atoms. The number of sulfonamides is 1. The smallest absolute Gasteiger partial charge is 0.348 e. The fourth-order valence-corrected chi connectivity index (χ4v) is 4.23. The van der Waals surface area contributed by atoms with Gasteiger partial charge in [0, 0.05) is 10.4 Å². The van der Waals surface area contributed by atoms with Gasteiger partial charge in [-0.15, -0.1) is 11.3 Å². The van der Waals surface area contributed by atoms with Gasteiger partial charge in [0.15, 0.2) is 6.61 Å². The molecular formula is C18H16N2O5S2. The third kappa shape index (κ3) is 4.51. The van der Waals surface area contributed by atoms with Gasteiger partial charge in [0.05, 0.1) is 4.90 Å². The second kappa shape index (κ2) is 7.47. The number of aryl methyl sites for hydroxylation is 1. The van der Waals surface area contributed by atoms with Crippen LogP contribution in [-0.4, -0.2) is 26.9 Å². The van der Waals surface area contributed by atoms with Gasteiger partial charge in [0.2, 0.25) is 10.0 Å². The first-order valence-corrected chi connectivity index (χ1v) is 10.2. The number of carbonyl (C=O) groups excluding carboxylic acids is 2. The van der Waals surface area contributed by atoms with Gasteiger partial charge in [-0.25, -0.2) is 18.4 Å². The number of nitrogens with two attached hydrogens (primary N) is 1. The highest BCUT2D eigenvalue weighted by molar-refractivity contribution is 7.89. The Balaban J connectivity index is 1.63. The highest BCUT2D eigenvalue weighted by Gasteiger charge is 2.15. The van der Waals surface area contributed by atoms with E-state index in [0.717, 1.165) is 10.1 Å². The molecule has 140 valence electrons. The quantitative estimate of drug-likeness (QED) is 0.634. The van der Waals surface area contributed by atoms with E-state index < -0.39 is 28.5 Å². The Hall–Kier alpha value is -2.75. The van der Waals surface area contributed by atoms with E-state index in [-0.39, 0.29) is 10.6 Å². The van der Waals surface area contributed by atoms with Gasteiger partial charge in [0.25, 0.3) is 5.91 Å². The lowest BCUT2D eigenvalue weighted by atomic mass is 10.2. The summed E-state index contributed by atoms with van der Waals surface area (Å²) in [5.74, 6) is -1.19. The lowest BCUT2D eigenvalue weighted by Gasteiger charge is -2.09. The number of benzene rings is 2. The number of hydrogen-bond acceptors (Lipinski definition) is 6. The molecule has 9 heteroatoms. The third-order valence-corrected chi connectivity index (χ3v) is 5.89. The zero-order valence-electron chi connectivity index (χ0n) is 14.3. The maximum atomic E-state index is 12.1. The first-order valence-electron chi connectivity index (χ1n) is 7.83. The second-order valence-electron chi connectivity index (χ2n) is 5.80. The van der Waals surface area contributed by atoms with E-state index in [1.54, 1.807) is 13.0 Å². The van der Waals surface area contributed by atoms with Gasteiger partial charge in [-0.2, -0.15) is 0 Å². The number of fused-ring (bicyclic) bond motifs is 1. The molecule has 0 aliphatic rings. The molecule has 0 aliphatic carbocycles. The molecule has 1 aromatic heterocycles. The van der Waals surface area contributed by atoms with E-state index >= 15 is 0 Å². The Morgan fingerprint density at radius 2 is 1.89 bits per heavy atom. The minimum atomic E-state index is -3.90. The van der Waals surface area contributed by atoms with Crippen molar-refractivity contribution in [3.8, 4) is 0 Å². The van der Waals surface area contributed by atoms with E-state index in [0.29, 0.717) is 10.4 Å². The topological polar surface area (TPSA) is 116 Å². The van der Waals surface area contributed by atoms with Crippen molar-refractivity contribution < 1.29 is 22.7 Å². The molecule has 0 atom stereocenters. The molecule has 3 aromatic rings. The van der Waals surface area contributed by atoms with Gasteiger partial charge in [-0.3, -0.25) is 4.79 Å². The first kappa shape index (κ1) is 19.0. The summed E-state index contributed by atoms with van der Waals surface area (Å²) in [5, 5.41) is 8.55. The molecule has 1 heterocycles. The summed E-state index contributed by atoms with van der Waals surface area (Å²) < 4.78 is 29.0. The van der Waals surface area contributed by atoms with Crippen molar-refractivity contribution >= 4 is 49.0 Å². The summed E-state index contributed by atoms with van der Waals surface area (Å²) >= 11 is 1.28. The Labute approximate surface area is 159 Å². The molecule has 1 amide bonds. The minimum absolute atomic E-state index is 0.0810. The Kier molecular flexibility index (Phi) is 5.26. The molecule has 0 unspecified atom stereocenters. The van der Waals surface area contributed by atoms with E-state index in [2.05, 4.69) is 5.32 Å². The Morgan fingerprint density at radius 1 is 1.15 bits per heavy atom. The molecule has 0 fully saturated rings. The summed E-state index contributed by atoms with van der Waals surface area (Å²) in [7, 11) is -3.90. The molecule has 27 heavy (non-hydrogen) atoms. The molecule has 0 saturated heterocycles. The predicted molar refractivity (Wildman–Crippen MR) is 103 cm³/mol. The Morgan fingerprint density at radius 3 is 2.59 bits per heavy atom. The third-order valence-electron chi connectivity index (χ3n) is 3.74. The molecule has 0 aliphatic heterocycles. The summed E-state index contributed by atoms with van der Waals surface area (Å²) in [6.45, 7) is 1.10. The van der Waals surface area contributed by atoms with E-state index in [9.17, 15) is 18.0 Å². The number of thiophene rings is 1. The molecule has 3 N–H and O–H groups in total. The summed E-state index contributed by atoms with van der Waals surface area (Å²) in [5.41, 5.74) is 0.708. The van der Waals surface area contributed by atoms with Crippen molar-refractivity contribution in [1.82, 2.24) is 0 Å². The lowest BCUT2D eigenvalue weighted by Crippen LogP contribution is -2.21. The van der Waals surface area contributed by atoms with Crippen LogP contribution in [0.2, 0.25) is 0 Å². The van der Waals surface area contributed by atoms with Crippen molar-refractivity contribution in [2.45, 2.75) is 11.8 Å². The maximum absolute atomic E-state index is 12.1. The van der Waals surface area contributed by atoms with Crippen LogP contribution in [0.4, 0.5) is 5.69 Å². The zero-order valence-corrected chi connectivity index (χ0v) is 15.9. The average molecular weight is 404 g/mol. The molecule has 0 radical (unpaired) electrons. The Bertz CT molecular complexity index is 1100. The SMILES string of the molecule is Cc1ccc(NC(=O)COC(=O)c2cc3ccccc3s2)cc1S(N)(=O)=O. The van der Waals surface area contributed by atoms with Gasteiger partial charge in [-0.1, -0.05) is 24.3 Å². The van der Waals surface area contributed by atoms with Crippen LogP contribution in [-0.2, 0) is 19.6 Å². The van der Waals surface area contributed by atoms with Crippen molar-refractivity contribution in [2.24, 2.45) is 5.14 Å². The number of hydrogen-bond donors (Lipinski definition) is 2. The van der Waals surface area contributed by atoms with Gasteiger partial charge in [-0.05, 0) is 42.1 Å². The number of rotatable bonds is 5. The van der Waals surface area contributed by atoms with E-state index in [1.807, 2.05) is 24.3 Å². The van der Waals surface area contributed by atoms with Crippen molar-refractivity contribution in [3.05, 3.63) is 59.0 Å². The predicted octanol–water partition coefficient (Wildman–Crippen LogP) is 2.65. The highest BCUT2D eigenvalue weighted by Crippen LogP contribution is 2.25. The van der Waals surface area contributed by atoms with Gasteiger partial charge < -0.3 is 10.1 Å². The minimum Gasteiger partial charge on any atom is -0.451 e. The average Bonchev–Trinajstić information content (AvgIpc) is 3.04. The molecule has 0 saturated carbocycles. The zero-order chi connectivity index (χ0) is 19.6. The summed E-state index contributed by atoms with van der Waals surface area (Å²) in [6.07, 6.45) is 0. The van der Waals surface area contributed by atoms with Crippen LogP contribution >= 0.6 is 11.3 Å². The molecule has 7 nitrogen and oxygen atoms in total. The molecule has 2 aromatic carbocycles. The number of nitrogens with one attached hydrogen (secondary N) is 1. The van der Waals surface area contributed by atoms with E-state index in [1.165, 1.54) is 29.5 Å². The van der Waals surface area contributed by atoms with Crippen LogP contribution in [0.1, 0.15) is 15.2 Å². The number of primary sulfonamides is 1. The van der Waals surface area contributed by atoms with Gasteiger partial charge in [0.1, 0.15) is 4.88 Å². The first-order chi connectivity index (χ1) is 12.7. The normalized spacial score (nSPS) is 11.3. The second-order valence-corrected chi connectivity index (χ2v) is 8.41. The van der Waals surface area contributed by atoms with Crippen LogP contribution in [0.15, 0.2) is 53.4 Å². The fraction of sp³-hybridized carbons (Fsp3) is 0.111. The number of carbonyl (C=O) groups is 2.